The number of methoxy groups -OCH3 is 1. The number of fused-ring (bicyclic) bond motifs is 1. The minimum absolute atomic E-state index is 0.0356. The van der Waals surface area contributed by atoms with E-state index in [0.29, 0.717) is 36.3 Å². The molecule has 2 atom stereocenters. The third kappa shape index (κ3) is 9.77. The van der Waals surface area contributed by atoms with E-state index in [4.69, 9.17) is 23.7 Å². The maximum Gasteiger partial charge on any atom is 0.346 e. The predicted octanol–water partition coefficient (Wildman–Crippen LogP) is 5.81. The first-order chi connectivity index (χ1) is 27.5. The second-order valence-electron chi connectivity index (χ2n) is 14.1. The molecule has 1 aliphatic carbocycles. The maximum absolute atomic E-state index is 15.7. The number of rotatable bonds is 16. The first-order valence-corrected chi connectivity index (χ1v) is 18.9. The van der Waals surface area contributed by atoms with Gasteiger partial charge in [0.05, 0.1) is 50.0 Å². The van der Waals surface area contributed by atoms with Crippen LogP contribution in [0.4, 0.5) is 14.5 Å². The Labute approximate surface area is 327 Å². The number of piperazine rings is 1. The Morgan fingerprint density at radius 2 is 1.63 bits per heavy atom. The molecule has 1 N–H and O–H groups in total. The molecule has 2 fully saturated rings. The summed E-state index contributed by atoms with van der Waals surface area (Å²) in [5.41, 5.74) is 1.13. The van der Waals surface area contributed by atoms with Crippen LogP contribution in [0.5, 0.6) is 5.75 Å². The molecule has 3 aromatic carbocycles. The minimum Gasteiger partial charge on any atom is -0.492 e. The van der Waals surface area contributed by atoms with Crippen LogP contribution in [-0.2, 0) is 33.3 Å². The van der Waals surface area contributed by atoms with Gasteiger partial charge in [0.1, 0.15) is 17.1 Å². The zero-order valence-electron chi connectivity index (χ0n) is 32.0. The molecule has 0 amide bonds. The number of ether oxygens (including phenoxy) is 5. The van der Waals surface area contributed by atoms with Gasteiger partial charge in [-0.25, -0.2) is 13.6 Å². The third-order valence-corrected chi connectivity index (χ3v) is 9.92. The van der Waals surface area contributed by atoms with Crippen molar-refractivity contribution in [2.24, 2.45) is 0 Å². The predicted molar refractivity (Wildman–Crippen MR) is 205 cm³/mol. The summed E-state index contributed by atoms with van der Waals surface area (Å²) in [6.07, 6.45) is 2.44. The third-order valence-electron chi connectivity index (χ3n) is 9.92. The summed E-state index contributed by atoms with van der Waals surface area (Å²) in [5, 5.41) is 3.28. The highest BCUT2D eigenvalue weighted by Crippen LogP contribution is 2.44. The quantitative estimate of drug-likeness (QED) is 0.0632. The van der Waals surface area contributed by atoms with Crippen molar-refractivity contribution in [1.82, 2.24) is 9.88 Å². The fraction of sp³-hybridized carbons (Fsp3) is 0.405. The van der Waals surface area contributed by atoms with Crippen LogP contribution in [0.1, 0.15) is 73.8 Å². The van der Waals surface area contributed by atoms with E-state index in [9.17, 15) is 28.4 Å². The van der Waals surface area contributed by atoms with Gasteiger partial charge >= 0.3 is 23.9 Å². The molecule has 1 saturated carbocycles. The molecule has 2 unspecified atom stereocenters. The second-order valence-corrected chi connectivity index (χ2v) is 14.1. The Bertz CT molecular complexity index is 2190. The van der Waals surface area contributed by atoms with E-state index in [-0.39, 0.29) is 66.9 Å². The van der Waals surface area contributed by atoms with Crippen LogP contribution in [0.3, 0.4) is 0 Å². The largest absolute Gasteiger partial charge is 0.492 e. The fourth-order valence-electron chi connectivity index (χ4n) is 6.76. The lowest BCUT2D eigenvalue weighted by Gasteiger charge is -2.35. The number of nitrogens with one attached hydrogen (secondary N) is 1. The van der Waals surface area contributed by atoms with Gasteiger partial charge in [0, 0.05) is 49.9 Å². The molecule has 57 heavy (non-hydrogen) atoms. The number of carbonyl (C=O) groups is 4. The van der Waals surface area contributed by atoms with Crippen molar-refractivity contribution in [3.63, 3.8) is 0 Å². The van der Waals surface area contributed by atoms with Crippen molar-refractivity contribution in [2.75, 3.05) is 51.7 Å². The van der Waals surface area contributed by atoms with Crippen LogP contribution >= 0.6 is 0 Å². The molecule has 15 heteroatoms. The highest BCUT2D eigenvalue weighted by molar-refractivity contribution is 5.98. The Balaban J connectivity index is 0.935. The molecular formula is C42H45F2N3O10. The van der Waals surface area contributed by atoms with E-state index in [1.54, 1.807) is 35.8 Å². The number of esters is 4. The van der Waals surface area contributed by atoms with Gasteiger partial charge in [0.2, 0.25) is 12.2 Å². The monoisotopic (exact) mass is 789 g/mol. The number of halogens is 2. The van der Waals surface area contributed by atoms with Crippen molar-refractivity contribution in [2.45, 2.75) is 64.0 Å². The average molecular weight is 790 g/mol. The number of nitrogens with zero attached hydrogens (tertiary/aromatic N) is 2. The average Bonchev–Trinajstić information content (AvgIpc) is 4.05. The number of hydrogen-bond acceptors (Lipinski definition) is 12. The molecule has 13 nitrogen and oxygen atoms in total. The normalized spacial score (nSPS) is 15.8. The van der Waals surface area contributed by atoms with E-state index in [1.807, 2.05) is 30.0 Å². The molecule has 1 aliphatic heterocycles. The lowest BCUT2D eigenvalue weighted by atomic mass is 9.97. The molecule has 302 valence electrons. The Morgan fingerprint density at radius 1 is 0.912 bits per heavy atom. The SMILES string of the molecule is COc1c(N2CCNC(C)C2)c(F)cc2c(=O)c(C(=O)OCOC(=O)CCC(=O)OCCCOC(=O)C(C)c3ccc(-c4ccccc4)c(F)c3)cn(C3CC3)c12. The van der Waals surface area contributed by atoms with Crippen molar-refractivity contribution in [1.29, 1.82) is 0 Å². The molecular weight excluding hydrogens is 744 g/mol. The topological polar surface area (TPSA) is 152 Å². The van der Waals surface area contributed by atoms with Crippen LogP contribution in [0, 0.1) is 11.6 Å². The van der Waals surface area contributed by atoms with Crippen LogP contribution < -0.4 is 20.4 Å². The highest BCUT2D eigenvalue weighted by Gasteiger charge is 2.32. The summed E-state index contributed by atoms with van der Waals surface area (Å²) in [4.78, 5) is 65.5. The number of benzene rings is 3. The van der Waals surface area contributed by atoms with E-state index in [2.05, 4.69) is 5.32 Å². The molecule has 1 saturated heterocycles. The van der Waals surface area contributed by atoms with E-state index in [0.717, 1.165) is 24.5 Å². The van der Waals surface area contributed by atoms with Crippen molar-refractivity contribution in [3.8, 4) is 16.9 Å². The number of carbonyl (C=O) groups excluding carboxylic acids is 4. The first kappa shape index (κ1) is 40.8. The summed E-state index contributed by atoms with van der Waals surface area (Å²) in [6, 6.07) is 14.9. The summed E-state index contributed by atoms with van der Waals surface area (Å²) >= 11 is 0. The van der Waals surface area contributed by atoms with Crippen molar-refractivity contribution >= 4 is 40.5 Å². The van der Waals surface area contributed by atoms with E-state index in [1.165, 1.54) is 19.4 Å². The van der Waals surface area contributed by atoms with Crippen LogP contribution in [0.25, 0.3) is 22.0 Å². The Kier molecular flexibility index (Phi) is 13.2. The summed E-state index contributed by atoms with van der Waals surface area (Å²) < 4.78 is 58.3. The zero-order valence-corrected chi connectivity index (χ0v) is 32.0. The maximum atomic E-state index is 15.7. The second kappa shape index (κ2) is 18.4. The number of pyridine rings is 1. The van der Waals surface area contributed by atoms with Gasteiger partial charge in [0.25, 0.3) is 0 Å². The van der Waals surface area contributed by atoms with Crippen LogP contribution in [0.2, 0.25) is 0 Å². The van der Waals surface area contributed by atoms with Gasteiger partial charge in [-0.15, -0.1) is 0 Å². The lowest BCUT2D eigenvalue weighted by Crippen LogP contribution is -2.49. The van der Waals surface area contributed by atoms with Crippen molar-refractivity contribution < 1.29 is 51.6 Å². The molecule has 0 radical (unpaired) electrons. The van der Waals surface area contributed by atoms with Gasteiger partial charge in [-0.2, -0.15) is 0 Å². The molecule has 1 aromatic heterocycles. The summed E-state index contributed by atoms with van der Waals surface area (Å²) in [6.45, 7) is 4.38. The van der Waals surface area contributed by atoms with Gasteiger partial charge in [-0.05, 0) is 49.9 Å². The van der Waals surface area contributed by atoms with E-state index >= 15 is 4.39 Å². The highest BCUT2D eigenvalue weighted by atomic mass is 19.1. The summed E-state index contributed by atoms with van der Waals surface area (Å²) in [5.74, 6) is -4.80. The van der Waals surface area contributed by atoms with Crippen LogP contribution in [-0.4, -0.2) is 81.2 Å². The molecule has 6 rings (SSSR count). The minimum atomic E-state index is -1.06. The Hall–Kier alpha value is -5.83. The van der Waals surface area contributed by atoms with Crippen molar-refractivity contribution in [3.05, 3.63) is 93.8 Å². The van der Waals surface area contributed by atoms with Crippen LogP contribution in [0.15, 0.2) is 65.6 Å². The summed E-state index contributed by atoms with van der Waals surface area (Å²) in [7, 11) is 1.42. The van der Waals surface area contributed by atoms with E-state index < -0.39 is 53.7 Å². The lowest BCUT2D eigenvalue weighted by molar-refractivity contribution is -0.156. The van der Waals surface area contributed by atoms with Gasteiger partial charge in [-0.3, -0.25) is 19.2 Å². The number of anilines is 1. The zero-order chi connectivity index (χ0) is 40.6. The molecule has 2 aliphatic rings. The Morgan fingerprint density at radius 3 is 2.32 bits per heavy atom. The van der Waals surface area contributed by atoms with Gasteiger partial charge < -0.3 is 38.5 Å². The van der Waals surface area contributed by atoms with Gasteiger partial charge in [0.15, 0.2) is 11.6 Å². The molecule has 0 bridgehead atoms. The number of hydrogen-bond donors (Lipinski definition) is 1. The first-order valence-electron chi connectivity index (χ1n) is 18.9. The molecule has 4 aromatic rings. The number of aromatic nitrogens is 1. The standard InChI is InChI=1S/C42H45F2N3O10/c1-25-22-46(17-16-45-25)38-34(44)21-31-37(40(38)53-3)47(29-11-12-29)23-32(39(31)50)42(52)57-24-56-36(49)15-14-35(48)54-18-7-19-55-41(51)26(2)28-10-13-30(33(43)20-28)27-8-5-4-6-9-27/h4-6,8-10,13,20-21,23,25-26,29,45H,7,11-12,14-19,22,24H2,1-3H3. The smallest absolute Gasteiger partial charge is 0.346 e. The molecule has 2 heterocycles. The molecule has 0 spiro atoms. The fourth-order valence-corrected chi connectivity index (χ4v) is 6.76. The van der Waals surface area contributed by atoms with Gasteiger partial charge in [-0.1, -0.05) is 42.5 Å².